The SMILES string of the molecule is Cn1cc2c(n1)c(N1CCN3CCCC3C1)nc1c(F)cc(C(F)(F)CF)cc12. The standard InChI is InChI=1S/C20H21F4N5/c1-27-10-15-14-7-12(20(23,24)11-21)8-16(22)17(14)25-19(18(15)26-27)29-6-5-28-4-2-3-13(28)9-29/h7-8,10,13H,2-6,9,11H2,1H3. The van der Waals surface area contributed by atoms with E-state index in [-0.39, 0.29) is 10.9 Å². The van der Waals surface area contributed by atoms with Gasteiger partial charge in [-0.25, -0.2) is 13.8 Å². The van der Waals surface area contributed by atoms with E-state index in [1.54, 1.807) is 17.9 Å². The summed E-state index contributed by atoms with van der Waals surface area (Å²) in [7, 11) is 1.72. The predicted octanol–water partition coefficient (Wildman–Crippen LogP) is 3.61. The zero-order valence-corrected chi connectivity index (χ0v) is 16.0. The van der Waals surface area contributed by atoms with Crippen molar-refractivity contribution in [3.8, 4) is 0 Å². The van der Waals surface area contributed by atoms with Crippen LogP contribution in [0.2, 0.25) is 0 Å². The number of anilines is 1. The van der Waals surface area contributed by atoms with Gasteiger partial charge in [0, 0.05) is 55.3 Å². The highest BCUT2D eigenvalue weighted by molar-refractivity contribution is 6.08. The van der Waals surface area contributed by atoms with Crippen molar-refractivity contribution in [2.45, 2.75) is 24.8 Å². The first-order valence-corrected chi connectivity index (χ1v) is 9.77. The third-order valence-corrected chi connectivity index (χ3v) is 6.09. The highest BCUT2D eigenvalue weighted by Gasteiger charge is 2.35. The van der Waals surface area contributed by atoms with E-state index in [2.05, 4.69) is 19.9 Å². The summed E-state index contributed by atoms with van der Waals surface area (Å²) in [6.07, 6.45) is 3.96. The fourth-order valence-electron chi connectivity index (χ4n) is 4.62. The third kappa shape index (κ3) is 2.94. The summed E-state index contributed by atoms with van der Waals surface area (Å²) in [5, 5.41) is 5.24. The quantitative estimate of drug-likeness (QED) is 0.622. The van der Waals surface area contributed by atoms with Crippen molar-refractivity contribution in [1.29, 1.82) is 0 Å². The highest BCUT2D eigenvalue weighted by atomic mass is 19.3. The van der Waals surface area contributed by atoms with E-state index in [1.807, 2.05) is 0 Å². The highest BCUT2D eigenvalue weighted by Crippen LogP contribution is 2.37. The van der Waals surface area contributed by atoms with E-state index in [9.17, 15) is 17.6 Å². The van der Waals surface area contributed by atoms with Crippen molar-refractivity contribution in [3.63, 3.8) is 0 Å². The molecule has 0 aliphatic carbocycles. The minimum atomic E-state index is -3.75. The number of hydrogen-bond donors (Lipinski definition) is 0. The van der Waals surface area contributed by atoms with Crippen LogP contribution in [0, 0.1) is 5.82 Å². The van der Waals surface area contributed by atoms with Crippen LogP contribution in [0.4, 0.5) is 23.4 Å². The van der Waals surface area contributed by atoms with Gasteiger partial charge in [-0.2, -0.15) is 13.9 Å². The zero-order chi connectivity index (χ0) is 20.3. The molecule has 3 aromatic rings. The van der Waals surface area contributed by atoms with Crippen molar-refractivity contribution in [1.82, 2.24) is 19.7 Å². The summed E-state index contributed by atoms with van der Waals surface area (Å²) in [4.78, 5) is 9.09. The molecule has 2 aliphatic rings. The maximum absolute atomic E-state index is 14.8. The first-order valence-electron chi connectivity index (χ1n) is 9.77. The second-order valence-electron chi connectivity index (χ2n) is 7.97. The van der Waals surface area contributed by atoms with Crippen LogP contribution in [0.5, 0.6) is 0 Å². The van der Waals surface area contributed by atoms with Crippen LogP contribution in [0.1, 0.15) is 18.4 Å². The molecule has 4 heterocycles. The number of aromatic nitrogens is 3. The van der Waals surface area contributed by atoms with Crippen LogP contribution in [-0.2, 0) is 13.0 Å². The van der Waals surface area contributed by atoms with E-state index in [0.717, 1.165) is 38.7 Å². The van der Waals surface area contributed by atoms with Crippen molar-refractivity contribution in [2.24, 2.45) is 7.05 Å². The van der Waals surface area contributed by atoms with E-state index in [4.69, 9.17) is 0 Å². The Morgan fingerprint density at radius 3 is 2.76 bits per heavy atom. The summed E-state index contributed by atoms with van der Waals surface area (Å²) in [6.45, 7) is 1.65. The minimum Gasteiger partial charge on any atom is -0.352 e. The molecule has 29 heavy (non-hydrogen) atoms. The number of nitrogens with zero attached hydrogens (tertiary/aromatic N) is 5. The summed E-state index contributed by atoms with van der Waals surface area (Å²) in [5.74, 6) is -4.05. The molecule has 0 saturated carbocycles. The van der Waals surface area contributed by atoms with Gasteiger partial charge in [0.2, 0.25) is 0 Å². The number of rotatable bonds is 3. The Kier molecular flexibility index (Phi) is 4.20. The lowest BCUT2D eigenvalue weighted by Gasteiger charge is -2.38. The van der Waals surface area contributed by atoms with E-state index in [0.29, 0.717) is 28.8 Å². The topological polar surface area (TPSA) is 37.2 Å². The Labute approximate surface area is 164 Å². The number of benzene rings is 1. The molecule has 5 rings (SSSR count). The second-order valence-corrected chi connectivity index (χ2v) is 7.97. The molecule has 9 heteroatoms. The number of piperazine rings is 1. The molecule has 0 amide bonds. The van der Waals surface area contributed by atoms with Crippen LogP contribution in [0.3, 0.4) is 0 Å². The molecule has 5 nitrogen and oxygen atoms in total. The van der Waals surface area contributed by atoms with E-state index in [1.165, 1.54) is 6.42 Å². The van der Waals surface area contributed by atoms with Crippen molar-refractivity contribution >= 4 is 27.6 Å². The normalized spacial score (nSPS) is 20.7. The van der Waals surface area contributed by atoms with E-state index < -0.39 is 24.0 Å². The van der Waals surface area contributed by atoms with Gasteiger partial charge in [-0.05, 0) is 31.5 Å². The Bertz CT molecular complexity index is 1100. The zero-order valence-electron chi connectivity index (χ0n) is 16.0. The Balaban J connectivity index is 1.69. The van der Waals surface area contributed by atoms with Crippen molar-refractivity contribution in [3.05, 3.63) is 29.7 Å². The van der Waals surface area contributed by atoms with Gasteiger partial charge in [0.1, 0.15) is 16.9 Å². The lowest BCUT2D eigenvalue weighted by Crippen LogP contribution is -2.50. The van der Waals surface area contributed by atoms with E-state index >= 15 is 0 Å². The number of aryl methyl sites for hydroxylation is 1. The number of pyridine rings is 1. The molecular formula is C20H21F4N5. The molecule has 0 bridgehead atoms. The maximum atomic E-state index is 14.8. The van der Waals surface area contributed by atoms with Crippen LogP contribution in [-0.4, -0.2) is 58.6 Å². The predicted molar refractivity (Wildman–Crippen MR) is 103 cm³/mol. The average molecular weight is 407 g/mol. The van der Waals surface area contributed by atoms with Gasteiger partial charge in [0.25, 0.3) is 0 Å². The van der Waals surface area contributed by atoms with Gasteiger partial charge in [-0.15, -0.1) is 0 Å². The average Bonchev–Trinajstić information content (AvgIpc) is 3.32. The minimum absolute atomic E-state index is 0.00718. The van der Waals surface area contributed by atoms with Crippen molar-refractivity contribution < 1.29 is 17.6 Å². The summed E-state index contributed by atoms with van der Waals surface area (Å²) in [6, 6.07) is 2.26. The Morgan fingerprint density at radius 2 is 1.97 bits per heavy atom. The second kappa shape index (κ2) is 6.55. The number of alkyl halides is 3. The first kappa shape index (κ1) is 18.6. The Hall–Kier alpha value is -2.42. The summed E-state index contributed by atoms with van der Waals surface area (Å²) < 4.78 is 57.0. The molecule has 0 N–H and O–H groups in total. The van der Waals surface area contributed by atoms with Gasteiger partial charge in [-0.3, -0.25) is 9.58 Å². The lowest BCUT2D eigenvalue weighted by molar-refractivity contribution is -0.0281. The maximum Gasteiger partial charge on any atom is 0.301 e. The molecule has 2 aromatic heterocycles. The number of fused-ring (bicyclic) bond motifs is 4. The molecular weight excluding hydrogens is 386 g/mol. The first-order chi connectivity index (χ1) is 13.9. The van der Waals surface area contributed by atoms with Crippen LogP contribution >= 0.6 is 0 Å². The largest absolute Gasteiger partial charge is 0.352 e. The van der Waals surface area contributed by atoms with Gasteiger partial charge < -0.3 is 4.90 Å². The van der Waals surface area contributed by atoms with Gasteiger partial charge >= 0.3 is 5.92 Å². The van der Waals surface area contributed by atoms with Crippen LogP contribution in [0.15, 0.2) is 18.3 Å². The molecule has 0 radical (unpaired) electrons. The molecule has 2 saturated heterocycles. The molecule has 1 unspecified atom stereocenters. The molecule has 154 valence electrons. The van der Waals surface area contributed by atoms with Crippen molar-refractivity contribution in [2.75, 3.05) is 37.8 Å². The van der Waals surface area contributed by atoms with Gasteiger partial charge in [-0.1, -0.05) is 0 Å². The molecule has 2 aliphatic heterocycles. The fraction of sp³-hybridized carbons (Fsp3) is 0.500. The van der Waals surface area contributed by atoms with Gasteiger partial charge in [0.15, 0.2) is 12.5 Å². The number of hydrogen-bond acceptors (Lipinski definition) is 4. The fourth-order valence-corrected chi connectivity index (χ4v) is 4.62. The third-order valence-electron chi connectivity index (χ3n) is 6.09. The monoisotopic (exact) mass is 407 g/mol. The molecule has 1 aromatic carbocycles. The van der Waals surface area contributed by atoms with Crippen LogP contribution < -0.4 is 4.90 Å². The van der Waals surface area contributed by atoms with Crippen LogP contribution in [0.25, 0.3) is 21.8 Å². The summed E-state index contributed by atoms with van der Waals surface area (Å²) in [5.41, 5.74) is -0.136. The van der Waals surface area contributed by atoms with Gasteiger partial charge in [0.05, 0.1) is 0 Å². The summed E-state index contributed by atoms with van der Waals surface area (Å²) >= 11 is 0. The smallest absolute Gasteiger partial charge is 0.301 e. The number of halogens is 4. The molecule has 1 atom stereocenters. The molecule has 0 spiro atoms. The molecule has 2 fully saturated rings. The Morgan fingerprint density at radius 1 is 1.14 bits per heavy atom. The lowest BCUT2D eigenvalue weighted by atomic mass is 10.0.